The van der Waals surface area contributed by atoms with Gasteiger partial charge in [-0.1, -0.05) is 0 Å². The maximum atomic E-state index is 5.28. The maximum Gasteiger partial charge on any atom is 0.192 e. The van der Waals surface area contributed by atoms with Crippen molar-refractivity contribution in [3.05, 3.63) is 36.3 Å². The molecule has 0 saturated heterocycles. The first-order valence-corrected chi connectivity index (χ1v) is 6.74. The van der Waals surface area contributed by atoms with E-state index in [2.05, 4.69) is 32.7 Å². The zero-order chi connectivity index (χ0) is 14.2. The van der Waals surface area contributed by atoms with Gasteiger partial charge in [0.25, 0.3) is 0 Å². The van der Waals surface area contributed by atoms with Crippen LogP contribution in [0.25, 0.3) is 0 Å². The lowest BCUT2D eigenvalue weighted by atomic mass is 10.4. The number of furan rings is 1. The number of aromatic nitrogens is 3. The van der Waals surface area contributed by atoms with Crippen LogP contribution in [0.3, 0.4) is 0 Å². The summed E-state index contributed by atoms with van der Waals surface area (Å²) in [6.07, 6.45) is 3.37. The minimum Gasteiger partial charge on any atom is -0.467 e. The van der Waals surface area contributed by atoms with E-state index in [0.29, 0.717) is 13.1 Å². The lowest BCUT2D eigenvalue weighted by Gasteiger charge is -2.10. The average molecular weight is 276 g/mol. The molecule has 0 amide bonds. The molecule has 2 aromatic heterocycles. The Kier molecular flexibility index (Phi) is 5.16. The Morgan fingerprint density at radius 1 is 1.40 bits per heavy atom. The van der Waals surface area contributed by atoms with E-state index >= 15 is 0 Å². The summed E-state index contributed by atoms with van der Waals surface area (Å²) in [5.41, 5.74) is 0. The van der Waals surface area contributed by atoms with Crippen molar-refractivity contribution in [1.29, 1.82) is 0 Å². The Labute approximate surface area is 118 Å². The lowest BCUT2D eigenvalue weighted by Crippen LogP contribution is -2.36. The van der Waals surface area contributed by atoms with E-state index in [4.69, 9.17) is 4.42 Å². The molecule has 0 radical (unpaired) electrons. The molecule has 0 bridgehead atoms. The number of guanidine groups is 1. The summed E-state index contributed by atoms with van der Waals surface area (Å²) in [6, 6.07) is 3.79. The fourth-order valence-electron chi connectivity index (χ4n) is 1.74. The summed E-state index contributed by atoms with van der Waals surface area (Å²) in [5, 5.41) is 14.3. The predicted octanol–water partition coefficient (Wildman–Crippen LogP) is 1.15. The van der Waals surface area contributed by atoms with Gasteiger partial charge in [-0.15, -0.1) is 10.2 Å². The monoisotopic (exact) mass is 276 g/mol. The normalized spacial score (nSPS) is 11.6. The molecule has 0 saturated carbocycles. The first kappa shape index (κ1) is 14.1. The van der Waals surface area contributed by atoms with Crippen LogP contribution in [-0.4, -0.2) is 27.3 Å². The van der Waals surface area contributed by atoms with Crippen LogP contribution in [0, 0.1) is 0 Å². The first-order chi connectivity index (χ1) is 9.83. The van der Waals surface area contributed by atoms with Crippen molar-refractivity contribution in [3.63, 3.8) is 0 Å². The summed E-state index contributed by atoms with van der Waals surface area (Å²) in [5.74, 6) is 2.45. The molecule has 0 aliphatic carbocycles. The molecule has 0 aromatic carbocycles. The summed E-state index contributed by atoms with van der Waals surface area (Å²) in [6.45, 7) is 6.80. The molecule has 0 spiro atoms. The van der Waals surface area contributed by atoms with Gasteiger partial charge in [0.05, 0.1) is 12.8 Å². The van der Waals surface area contributed by atoms with E-state index in [-0.39, 0.29) is 0 Å². The van der Waals surface area contributed by atoms with E-state index in [0.717, 1.165) is 30.6 Å². The number of hydrogen-bond acceptors (Lipinski definition) is 4. The highest BCUT2D eigenvalue weighted by Crippen LogP contribution is 1.99. The highest BCUT2D eigenvalue weighted by molar-refractivity contribution is 5.79. The van der Waals surface area contributed by atoms with Gasteiger partial charge in [-0.2, -0.15) is 0 Å². The maximum absolute atomic E-state index is 5.28. The van der Waals surface area contributed by atoms with Crippen molar-refractivity contribution in [2.75, 3.05) is 6.54 Å². The SMILES string of the molecule is CCNC(=NCc1nncn1CC)NCc1ccco1. The molecule has 0 aliphatic heterocycles. The fourth-order valence-corrected chi connectivity index (χ4v) is 1.74. The number of aryl methyl sites for hydroxylation is 1. The summed E-state index contributed by atoms with van der Waals surface area (Å²) < 4.78 is 7.25. The number of aliphatic imine (C=N–C) groups is 1. The molecule has 2 heterocycles. The molecule has 2 rings (SSSR count). The van der Waals surface area contributed by atoms with Gasteiger partial charge in [0.1, 0.15) is 18.6 Å². The molecule has 7 nitrogen and oxygen atoms in total. The molecule has 2 N–H and O–H groups in total. The molecule has 7 heteroatoms. The molecule has 20 heavy (non-hydrogen) atoms. The molecule has 108 valence electrons. The van der Waals surface area contributed by atoms with Crippen molar-refractivity contribution in [3.8, 4) is 0 Å². The Hall–Kier alpha value is -2.31. The topological polar surface area (TPSA) is 80.3 Å². The molecular weight excluding hydrogens is 256 g/mol. The third-order valence-electron chi connectivity index (χ3n) is 2.77. The Morgan fingerprint density at radius 3 is 3.00 bits per heavy atom. The molecule has 0 atom stereocenters. The van der Waals surface area contributed by atoms with Gasteiger partial charge in [0, 0.05) is 13.1 Å². The fraction of sp³-hybridized carbons (Fsp3) is 0.462. The van der Waals surface area contributed by atoms with Gasteiger partial charge in [-0.3, -0.25) is 0 Å². The first-order valence-electron chi connectivity index (χ1n) is 6.74. The van der Waals surface area contributed by atoms with Crippen LogP contribution in [0.2, 0.25) is 0 Å². The molecular formula is C13H20N6O. The van der Waals surface area contributed by atoms with Gasteiger partial charge in [0.15, 0.2) is 11.8 Å². The summed E-state index contributed by atoms with van der Waals surface area (Å²) in [7, 11) is 0. The molecule has 0 aliphatic rings. The minimum absolute atomic E-state index is 0.487. The van der Waals surface area contributed by atoms with Crippen LogP contribution in [-0.2, 0) is 19.6 Å². The largest absolute Gasteiger partial charge is 0.467 e. The van der Waals surface area contributed by atoms with E-state index in [1.807, 2.05) is 23.6 Å². The Bertz CT molecular complexity index is 531. The zero-order valence-corrected chi connectivity index (χ0v) is 11.8. The van der Waals surface area contributed by atoms with Gasteiger partial charge >= 0.3 is 0 Å². The second kappa shape index (κ2) is 7.32. The number of hydrogen-bond donors (Lipinski definition) is 2. The highest BCUT2D eigenvalue weighted by Gasteiger charge is 2.03. The van der Waals surface area contributed by atoms with Crippen LogP contribution < -0.4 is 10.6 Å². The quantitative estimate of drug-likeness (QED) is 0.611. The van der Waals surface area contributed by atoms with Crippen molar-refractivity contribution in [2.24, 2.45) is 4.99 Å². The Morgan fingerprint density at radius 2 is 2.30 bits per heavy atom. The van der Waals surface area contributed by atoms with Crippen LogP contribution in [0.15, 0.2) is 34.1 Å². The number of nitrogens with zero attached hydrogens (tertiary/aromatic N) is 4. The minimum atomic E-state index is 0.487. The molecule has 0 fully saturated rings. The Balaban J connectivity index is 1.94. The molecule has 2 aromatic rings. The van der Waals surface area contributed by atoms with Crippen molar-refractivity contribution < 1.29 is 4.42 Å². The number of nitrogens with one attached hydrogen (secondary N) is 2. The second-order valence-corrected chi connectivity index (χ2v) is 4.16. The van der Waals surface area contributed by atoms with Gasteiger partial charge in [-0.05, 0) is 26.0 Å². The van der Waals surface area contributed by atoms with E-state index in [1.165, 1.54) is 0 Å². The standard InChI is InChI=1S/C13H20N6O/c1-3-14-13(15-8-11-6-5-7-20-11)16-9-12-18-17-10-19(12)4-2/h5-7,10H,3-4,8-9H2,1-2H3,(H2,14,15,16). The zero-order valence-electron chi connectivity index (χ0n) is 11.8. The van der Waals surface area contributed by atoms with Crippen LogP contribution >= 0.6 is 0 Å². The smallest absolute Gasteiger partial charge is 0.192 e. The third-order valence-corrected chi connectivity index (χ3v) is 2.77. The van der Waals surface area contributed by atoms with Crippen LogP contribution in [0.5, 0.6) is 0 Å². The van der Waals surface area contributed by atoms with Crippen LogP contribution in [0.4, 0.5) is 0 Å². The van der Waals surface area contributed by atoms with E-state index < -0.39 is 0 Å². The number of rotatable bonds is 6. The van der Waals surface area contributed by atoms with E-state index in [9.17, 15) is 0 Å². The van der Waals surface area contributed by atoms with Crippen molar-refractivity contribution in [2.45, 2.75) is 33.5 Å². The summed E-state index contributed by atoms with van der Waals surface area (Å²) >= 11 is 0. The van der Waals surface area contributed by atoms with E-state index in [1.54, 1.807) is 12.6 Å². The lowest BCUT2D eigenvalue weighted by molar-refractivity contribution is 0.501. The highest BCUT2D eigenvalue weighted by atomic mass is 16.3. The second-order valence-electron chi connectivity index (χ2n) is 4.16. The van der Waals surface area contributed by atoms with Gasteiger partial charge in [-0.25, -0.2) is 4.99 Å². The summed E-state index contributed by atoms with van der Waals surface area (Å²) in [4.78, 5) is 4.49. The van der Waals surface area contributed by atoms with Gasteiger partial charge in [0.2, 0.25) is 0 Å². The van der Waals surface area contributed by atoms with Crippen molar-refractivity contribution >= 4 is 5.96 Å². The average Bonchev–Trinajstić information content (AvgIpc) is 3.12. The molecule has 0 unspecified atom stereocenters. The third kappa shape index (κ3) is 3.84. The van der Waals surface area contributed by atoms with Crippen LogP contribution in [0.1, 0.15) is 25.4 Å². The van der Waals surface area contributed by atoms with Gasteiger partial charge < -0.3 is 19.6 Å². The predicted molar refractivity (Wildman–Crippen MR) is 76.1 cm³/mol. The van der Waals surface area contributed by atoms with Crippen molar-refractivity contribution in [1.82, 2.24) is 25.4 Å².